The molecule has 10 nitrogen and oxygen atoms in total. The number of hydrogen-bond donors (Lipinski definition) is 1. The first-order valence-corrected chi connectivity index (χ1v) is 16.9. The van der Waals surface area contributed by atoms with Gasteiger partial charge >= 0.3 is 0 Å². The van der Waals surface area contributed by atoms with Crippen molar-refractivity contribution in [3.63, 3.8) is 0 Å². The second-order valence-corrected chi connectivity index (χ2v) is 12.8. The van der Waals surface area contributed by atoms with Crippen LogP contribution >= 0.6 is 0 Å². The molecule has 0 unspecified atom stereocenters. The molecular weight excluding hydrogens is 568 g/mol. The molecule has 5 fully saturated rings. The summed E-state index contributed by atoms with van der Waals surface area (Å²) < 4.78 is 10.7. The summed E-state index contributed by atoms with van der Waals surface area (Å²) in [5.41, 5.74) is 4.14. The molecule has 244 valence electrons. The topological polar surface area (TPSA) is 80.8 Å². The van der Waals surface area contributed by atoms with Gasteiger partial charge in [-0.25, -0.2) is 0 Å². The van der Waals surface area contributed by atoms with E-state index in [0.717, 1.165) is 135 Å². The molecule has 0 atom stereocenters. The second-order valence-electron chi connectivity index (χ2n) is 12.8. The van der Waals surface area contributed by atoms with Gasteiger partial charge in [0.25, 0.3) is 11.8 Å². The number of morpholine rings is 2. The Bertz CT molecular complexity index is 1210. The summed E-state index contributed by atoms with van der Waals surface area (Å²) in [4.78, 5) is 36.3. The number of carbonyl (C=O) groups excluding carboxylic acids is 2. The van der Waals surface area contributed by atoms with E-state index in [1.54, 1.807) is 0 Å². The van der Waals surface area contributed by atoms with Gasteiger partial charge in [0, 0.05) is 109 Å². The molecule has 10 heteroatoms. The van der Waals surface area contributed by atoms with Crippen molar-refractivity contribution in [1.29, 1.82) is 0 Å². The van der Waals surface area contributed by atoms with Crippen LogP contribution in [0.4, 0.5) is 0 Å². The second kappa shape index (κ2) is 16.1. The van der Waals surface area contributed by atoms with Crippen molar-refractivity contribution < 1.29 is 19.1 Å². The van der Waals surface area contributed by atoms with E-state index in [0.29, 0.717) is 0 Å². The normalized spacial score (nSPS) is 22.0. The molecular formula is C35H50N6O4. The highest BCUT2D eigenvalue weighted by molar-refractivity contribution is 5.94. The van der Waals surface area contributed by atoms with Gasteiger partial charge < -0.3 is 24.6 Å². The Morgan fingerprint density at radius 2 is 1.00 bits per heavy atom. The number of ether oxygens (including phenoxy) is 2. The van der Waals surface area contributed by atoms with Gasteiger partial charge in [-0.2, -0.15) is 0 Å². The van der Waals surface area contributed by atoms with E-state index in [1.807, 2.05) is 34.1 Å². The lowest BCUT2D eigenvalue weighted by Gasteiger charge is -2.34. The van der Waals surface area contributed by atoms with Crippen LogP contribution < -0.4 is 5.32 Å². The van der Waals surface area contributed by atoms with Crippen LogP contribution in [0, 0.1) is 0 Å². The van der Waals surface area contributed by atoms with Crippen LogP contribution in [0.3, 0.4) is 0 Å². The Morgan fingerprint density at radius 3 is 1.42 bits per heavy atom. The summed E-state index contributed by atoms with van der Waals surface area (Å²) in [5.74, 6) is 0.331. The van der Waals surface area contributed by atoms with E-state index < -0.39 is 0 Å². The molecule has 0 aromatic heterocycles. The van der Waals surface area contributed by atoms with Gasteiger partial charge in [-0.3, -0.25) is 24.3 Å². The fourth-order valence-corrected chi connectivity index (χ4v) is 6.50. The van der Waals surface area contributed by atoms with Gasteiger partial charge in [0.05, 0.1) is 26.4 Å². The molecule has 7 rings (SSSR count). The van der Waals surface area contributed by atoms with Crippen molar-refractivity contribution >= 4 is 11.8 Å². The van der Waals surface area contributed by atoms with Crippen LogP contribution in [0.2, 0.25) is 0 Å². The van der Waals surface area contributed by atoms with Crippen LogP contribution in [0.25, 0.3) is 0 Å². The van der Waals surface area contributed by atoms with E-state index in [1.165, 1.54) is 24.0 Å². The fraction of sp³-hybridized carbons (Fsp3) is 0.600. The number of amides is 2. The molecule has 1 N–H and O–H groups in total. The summed E-state index contributed by atoms with van der Waals surface area (Å²) in [7, 11) is 0. The van der Waals surface area contributed by atoms with Crippen molar-refractivity contribution in [2.45, 2.75) is 32.0 Å². The zero-order chi connectivity index (χ0) is 30.8. The average molecular weight is 619 g/mol. The van der Waals surface area contributed by atoms with Gasteiger partial charge in [-0.05, 0) is 48.2 Å². The van der Waals surface area contributed by atoms with E-state index in [-0.39, 0.29) is 11.8 Å². The highest BCUT2D eigenvalue weighted by Gasteiger charge is 2.32. The van der Waals surface area contributed by atoms with Crippen molar-refractivity contribution in [2.75, 3.05) is 105 Å². The Morgan fingerprint density at radius 1 is 0.578 bits per heavy atom. The fourth-order valence-electron chi connectivity index (χ4n) is 6.50. The van der Waals surface area contributed by atoms with E-state index in [4.69, 9.17) is 9.47 Å². The largest absolute Gasteiger partial charge is 0.379 e. The third-order valence-corrected chi connectivity index (χ3v) is 9.49. The van der Waals surface area contributed by atoms with Gasteiger partial charge in [0.1, 0.15) is 0 Å². The average Bonchev–Trinajstić information content (AvgIpc) is 3.96. The Hall–Kier alpha value is -2.86. The standard InChI is InChI=1S/C19H27N3O2.C16H23N3O2/c23-19(22-9-7-21(8-10-22)18-5-6-18)17-3-1-16(2-4-17)15-20-11-13-24-14-12-20;20-16(19-7-5-17-6-8-19)15-3-1-14(2-4-15)13-18-9-11-21-12-10-18/h1-4,18H,5-15H2;1-4,17H,5-13H2. The quantitative estimate of drug-likeness (QED) is 0.505. The van der Waals surface area contributed by atoms with Crippen molar-refractivity contribution in [2.24, 2.45) is 0 Å². The maximum absolute atomic E-state index is 12.7. The minimum atomic E-state index is 0.148. The Kier molecular flexibility index (Phi) is 11.5. The lowest BCUT2D eigenvalue weighted by molar-refractivity contribution is 0.0341. The third-order valence-electron chi connectivity index (χ3n) is 9.49. The van der Waals surface area contributed by atoms with Crippen LogP contribution in [-0.4, -0.2) is 147 Å². The molecule has 2 aromatic rings. The molecule has 1 saturated carbocycles. The van der Waals surface area contributed by atoms with Gasteiger partial charge in [-0.15, -0.1) is 0 Å². The summed E-state index contributed by atoms with van der Waals surface area (Å²) in [6.07, 6.45) is 2.69. The number of hydrogen-bond acceptors (Lipinski definition) is 8. The molecule has 45 heavy (non-hydrogen) atoms. The molecule has 0 radical (unpaired) electrons. The molecule has 5 aliphatic rings. The number of nitrogens with one attached hydrogen (secondary N) is 1. The number of nitrogens with zero attached hydrogens (tertiary/aromatic N) is 5. The van der Waals surface area contributed by atoms with Gasteiger partial charge in [0.15, 0.2) is 0 Å². The summed E-state index contributed by atoms with van der Waals surface area (Å²) in [6, 6.07) is 17.1. The molecule has 1 aliphatic carbocycles. The van der Waals surface area contributed by atoms with E-state index in [9.17, 15) is 9.59 Å². The zero-order valence-corrected chi connectivity index (χ0v) is 26.7. The van der Waals surface area contributed by atoms with Gasteiger partial charge in [0.2, 0.25) is 0 Å². The SMILES string of the molecule is O=C(c1ccc(CN2CCOCC2)cc1)N1CCN(C2CC2)CC1.O=C(c1ccc(CN2CCOCC2)cc1)N1CCNCC1. The van der Waals surface area contributed by atoms with Crippen LogP contribution in [-0.2, 0) is 22.6 Å². The number of carbonyl (C=O) groups is 2. The summed E-state index contributed by atoms with van der Waals surface area (Å²) >= 11 is 0. The van der Waals surface area contributed by atoms with Crippen LogP contribution in [0.15, 0.2) is 48.5 Å². The number of rotatable bonds is 7. The Balaban J connectivity index is 0.000000160. The number of piperazine rings is 2. The molecule has 2 amide bonds. The monoisotopic (exact) mass is 618 g/mol. The molecule has 0 bridgehead atoms. The first-order valence-electron chi connectivity index (χ1n) is 16.9. The van der Waals surface area contributed by atoms with Crippen molar-refractivity contribution in [3.8, 4) is 0 Å². The van der Waals surface area contributed by atoms with Crippen LogP contribution in [0.1, 0.15) is 44.7 Å². The van der Waals surface area contributed by atoms with Crippen molar-refractivity contribution in [3.05, 3.63) is 70.8 Å². The van der Waals surface area contributed by atoms with Crippen molar-refractivity contribution in [1.82, 2.24) is 29.8 Å². The molecule has 4 aliphatic heterocycles. The summed E-state index contributed by atoms with van der Waals surface area (Å²) in [5, 5.41) is 3.27. The summed E-state index contributed by atoms with van der Waals surface area (Å²) in [6.45, 7) is 16.3. The Labute approximate surface area is 268 Å². The highest BCUT2D eigenvalue weighted by Crippen LogP contribution is 2.27. The smallest absolute Gasteiger partial charge is 0.253 e. The lowest BCUT2D eigenvalue weighted by atomic mass is 10.1. The number of benzene rings is 2. The van der Waals surface area contributed by atoms with E-state index in [2.05, 4.69) is 44.3 Å². The molecule has 4 saturated heterocycles. The van der Waals surface area contributed by atoms with Gasteiger partial charge in [-0.1, -0.05) is 24.3 Å². The first kappa shape index (κ1) is 32.1. The minimum Gasteiger partial charge on any atom is -0.379 e. The van der Waals surface area contributed by atoms with Crippen LogP contribution in [0.5, 0.6) is 0 Å². The van der Waals surface area contributed by atoms with E-state index >= 15 is 0 Å². The third kappa shape index (κ3) is 9.34. The predicted octanol–water partition coefficient (Wildman–Crippen LogP) is 2.00. The molecule has 2 aromatic carbocycles. The molecule has 4 heterocycles. The minimum absolute atomic E-state index is 0.148. The lowest BCUT2D eigenvalue weighted by Crippen LogP contribution is -2.49. The predicted molar refractivity (Wildman–Crippen MR) is 174 cm³/mol. The maximum Gasteiger partial charge on any atom is 0.253 e. The first-order chi connectivity index (χ1) is 22.1. The maximum atomic E-state index is 12.7. The highest BCUT2D eigenvalue weighted by atomic mass is 16.5. The zero-order valence-electron chi connectivity index (χ0n) is 26.7. The molecule has 0 spiro atoms.